The molecule has 9 aliphatic rings. The third-order valence-corrected chi connectivity index (χ3v) is 20.4. The Kier molecular flexibility index (Phi) is 14.3. The SMILES string of the molecule is C=C1/C(=C\C=C2/CCC[C@@]3(C)C2CCC3[C@@H](C)/C=C/C(O)C2CC2)CCCC1COC(=O)NCCCCCCNC(=O)O[C@@H]1[C@H](C(C)(C)C)CC(O)[C@]2(C)[C@]13O[C@H]3CC1C3=C(CC[C@@]12C)C(=O)OC3. The van der Waals surface area contributed by atoms with Gasteiger partial charge in [-0.1, -0.05) is 97.8 Å². The maximum absolute atomic E-state index is 13.6. The van der Waals surface area contributed by atoms with Gasteiger partial charge in [-0.2, -0.15) is 0 Å². The molecule has 6 unspecified atom stereocenters. The van der Waals surface area contributed by atoms with Gasteiger partial charge in [0.25, 0.3) is 0 Å². The Morgan fingerprint density at radius 1 is 0.899 bits per heavy atom. The lowest BCUT2D eigenvalue weighted by atomic mass is 9.39. The summed E-state index contributed by atoms with van der Waals surface area (Å²) >= 11 is 0. The summed E-state index contributed by atoms with van der Waals surface area (Å²) < 4.78 is 24.5. The molecule has 0 bridgehead atoms. The van der Waals surface area contributed by atoms with Crippen LogP contribution >= 0.6 is 0 Å². The Morgan fingerprint density at radius 3 is 2.36 bits per heavy atom. The van der Waals surface area contributed by atoms with Crippen LogP contribution in [0, 0.1) is 63.1 Å². The van der Waals surface area contributed by atoms with Gasteiger partial charge in [-0.15, -0.1) is 0 Å². The topological polar surface area (TPSA) is 156 Å². The standard InChI is InChI=1S/C58H86N2O9/c1-35(18-25-47(61)39-21-22-39)43-23-24-44-38(17-14-27-55(43,44)6)20-19-37-15-13-16-40(36(37)2)33-67-52(64)59-29-11-9-10-12-30-60-53(65)68-50-46(54(3,4)5)31-48(62)57(8)56(7)28-26-41-42(34-66-51(41)63)45(56)32-49-58(50,57)69-49/h18-20,25,35,39-40,43-50,61-62H,2,9-17,21-24,26-34H2,1,3-8H3,(H,59,64)(H,60,65)/b25-18+,37-19-,38-20+/t35-,40?,43?,44?,45?,46+,47?,48?,49-,50+,55+,56-,57-,58+/m0/s1. The number of nitrogens with one attached hydrogen (secondary N) is 2. The number of hydrogen-bond donors (Lipinski definition) is 4. The van der Waals surface area contributed by atoms with Crippen LogP contribution in [-0.2, 0) is 23.7 Å². The van der Waals surface area contributed by atoms with E-state index in [1.165, 1.54) is 37.7 Å². The lowest BCUT2D eigenvalue weighted by Crippen LogP contribution is -2.72. The summed E-state index contributed by atoms with van der Waals surface area (Å²) in [6.45, 7) is 21.9. The van der Waals surface area contributed by atoms with Crippen LogP contribution in [0.15, 0.2) is 58.7 Å². The molecule has 0 aromatic carbocycles. The number of hydrogen-bond acceptors (Lipinski definition) is 9. The molecule has 69 heavy (non-hydrogen) atoms. The zero-order chi connectivity index (χ0) is 49.1. The maximum Gasteiger partial charge on any atom is 0.407 e. The Labute approximate surface area is 413 Å². The fourth-order valence-electron chi connectivity index (χ4n) is 15.8. The number of cyclic esters (lactones) is 1. The molecule has 2 amide bonds. The number of epoxide rings is 1. The van der Waals surface area contributed by atoms with E-state index in [0.29, 0.717) is 68.2 Å². The highest BCUT2D eigenvalue weighted by Crippen LogP contribution is 2.77. The number of allylic oxidation sites excluding steroid dienone is 5. The minimum absolute atomic E-state index is 0.0673. The first kappa shape index (κ1) is 50.5. The van der Waals surface area contributed by atoms with Crippen molar-refractivity contribution in [3.8, 4) is 0 Å². The minimum Gasteiger partial charge on any atom is -0.458 e. The van der Waals surface area contributed by atoms with Crippen molar-refractivity contribution in [1.29, 1.82) is 0 Å². The predicted molar refractivity (Wildman–Crippen MR) is 267 cm³/mol. The molecule has 2 aliphatic heterocycles. The molecule has 9 rings (SSSR count). The van der Waals surface area contributed by atoms with Crippen LogP contribution in [0.1, 0.15) is 164 Å². The largest absolute Gasteiger partial charge is 0.458 e. The van der Waals surface area contributed by atoms with Gasteiger partial charge in [0.05, 0.1) is 18.3 Å². The summed E-state index contributed by atoms with van der Waals surface area (Å²) in [5.41, 5.74) is 4.07. The van der Waals surface area contributed by atoms with E-state index in [1.54, 1.807) is 5.57 Å². The number of amides is 2. The molecular weight excluding hydrogens is 869 g/mol. The summed E-state index contributed by atoms with van der Waals surface area (Å²) in [6, 6.07) is 0. The number of unbranched alkanes of at least 4 members (excludes halogenated alkanes) is 3. The molecule has 382 valence electrons. The molecule has 11 nitrogen and oxygen atoms in total. The van der Waals surface area contributed by atoms with E-state index in [0.717, 1.165) is 87.3 Å². The molecule has 0 aromatic heterocycles. The summed E-state index contributed by atoms with van der Waals surface area (Å²) in [6.07, 6.45) is 24.2. The molecule has 11 heteroatoms. The van der Waals surface area contributed by atoms with Crippen molar-refractivity contribution >= 4 is 18.2 Å². The van der Waals surface area contributed by atoms with E-state index in [1.807, 2.05) is 0 Å². The van der Waals surface area contributed by atoms with Crippen LogP contribution in [0.25, 0.3) is 0 Å². The fourth-order valence-corrected chi connectivity index (χ4v) is 15.8. The number of rotatable bonds is 15. The molecule has 1 spiro atoms. The molecule has 0 aromatic rings. The molecular formula is C58H86N2O9. The number of carbonyl (C=O) groups excluding carboxylic acids is 3. The van der Waals surface area contributed by atoms with Crippen LogP contribution in [-0.4, -0.2) is 84.7 Å². The van der Waals surface area contributed by atoms with Gasteiger partial charge in [0.1, 0.15) is 24.9 Å². The Morgan fingerprint density at radius 2 is 1.64 bits per heavy atom. The predicted octanol–water partition coefficient (Wildman–Crippen LogP) is 11.0. The van der Waals surface area contributed by atoms with Crippen LogP contribution in [0.4, 0.5) is 9.59 Å². The monoisotopic (exact) mass is 955 g/mol. The Bertz CT molecular complexity index is 2110. The van der Waals surface area contributed by atoms with Crippen LogP contribution in [0.2, 0.25) is 0 Å². The third kappa shape index (κ3) is 9.23. The average molecular weight is 955 g/mol. The average Bonchev–Trinajstić information content (AvgIpc) is 4.22. The van der Waals surface area contributed by atoms with Crippen molar-refractivity contribution in [3.63, 3.8) is 0 Å². The fraction of sp³-hybridized carbons (Fsp3) is 0.776. The highest BCUT2D eigenvalue weighted by molar-refractivity contribution is 5.92. The van der Waals surface area contributed by atoms with Crippen molar-refractivity contribution in [2.75, 3.05) is 26.3 Å². The van der Waals surface area contributed by atoms with E-state index in [9.17, 15) is 24.6 Å². The summed E-state index contributed by atoms with van der Waals surface area (Å²) in [7, 11) is 0. The van der Waals surface area contributed by atoms with Gasteiger partial charge in [0.15, 0.2) is 0 Å². The van der Waals surface area contributed by atoms with Crippen molar-refractivity contribution in [1.82, 2.24) is 10.6 Å². The maximum atomic E-state index is 13.6. The van der Waals surface area contributed by atoms with E-state index >= 15 is 0 Å². The lowest BCUT2D eigenvalue weighted by molar-refractivity contribution is -0.224. The van der Waals surface area contributed by atoms with Gasteiger partial charge < -0.3 is 39.8 Å². The quantitative estimate of drug-likeness (QED) is 0.0413. The normalized spacial score (nSPS) is 40.3. The summed E-state index contributed by atoms with van der Waals surface area (Å²) in [5, 5.41) is 28.6. The smallest absolute Gasteiger partial charge is 0.407 e. The van der Waals surface area contributed by atoms with Gasteiger partial charge >= 0.3 is 18.2 Å². The van der Waals surface area contributed by atoms with Crippen molar-refractivity contribution < 1.29 is 43.5 Å². The van der Waals surface area contributed by atoms with Gasteiger partial charge in [-0.25, -0.2) is 14.4 Å². The molecule has 7 fully saturated rings. The van der Waals surface area contributed by atoms with Crippen molar-refractivity contribution in [3.05, 3.63) is 58.7 Å². The highest BCUT2D eigenvalue weighted by atomic mass is 16.7. The molecule has 0 radical (unpaired) electrons. The molecule has 2 heterocycles. The minimum atomic E-state index is -0.806. The second-order valence-corrected chi connectivity index (χ2v) is 25.0. The number of aliphatic hydroxyl groups excluding tert-OH is 2. The zero-order valence-corrected chi connectivity index (χ0v) is 43.2. The van der Waals surface area contributed by atoms with E-state index < -0.39 is 29.3 Å². The molecule has 4 N–H and O–H groups in total. The first-order chi connectivity index (χ1) is 32.8. The number of ether oxygens (including phenoxy) is 4. The van der Waals surface area contributed by atoms with E-state index in [-0.39, 0.29) is 52.9 Å². The van der Waals surface area contributed by atoms with Gasteiger partial charge in [-0.05, 0) is 165 Å². The number of alkyl carbamates (subject to hydrolysis) is 2. The van der Waals surface area contributed by atoms with Crippen LogP contribution in [0.5, 0.6) is 0 Å². The first-order valence-corrected chi connectivity index (χ1v) is 27.4. The van der Waals surface area contributed by atoms with Crippen molar-refractivity contribution in [2.24, 2.45) is 63.1 Å². The van der Waals surface area contributed by atoms with E-state index in [2.05, 4.69) is 90.0 Å². The number of esters is 1. The molecule has 1 saturated heterocycles. The Hall–Kier alpha value is -3.41. The van der Waals surface area contributed by atoms with Gasteiger partial charge in [0.2, 0.25) is 0 Å². The highest BCUT2D eigenvalue weighted by Gasteiger charge is 2.85. The Balaban J connectivity index is 0.689. The van der Waals surface area contributed by atoms with Gasteiger partial charge in [0, 0.05) is 35.9 Å². The zero-order valence-electron chi connectivity index (χ0n) is 43.2. The number of fused-ring (bicyclic) bond motifs is 4. The summed E-state index contributed by atoms with van der Waals surface area (Å²) in [5.74, 6) is 2.09. The molecule has 6 saturated carbocycles. The van der Waals surface area contributed by atoms with Crippen LogP contribution < -0.4 is 10.6 Å². The van der Waals surface area contributed by atoms with Gasteiger partial charge in [-0.3, -0.25) is 0 Å². The summed E-state index contributed by atoms with van der Waals surface area (Å²) in [4.78, 5) is 38.9. The first-order valence-electron chi connectivity index (χ1n) is 27.4. The number of aliphatic hydroxyl groups is 2. The van der Waals surface area contributed by atoms with Crippen molar-refractivity contribution in [2.45, 2.75) is 194 Å². The second-order valence-electron chi connectivity index (χ2n) is 25.0. The van der Waals surface area contributed by atoms with E-state index in [4.69, 9.17) is 18.9 Å². The second kappa shape index (κ2) is 19.5. The molecule has 14 atom stereocenters. The van der Waals surface area contributed by atoms with Crippen LogP contribution in [0.3, 0.4) is 0 Å². The lowest BCUT2D eigenvalue weighted by Gasteiger charge is -2.65. The molecule has 7 aliphatic carbocycles. The third-order valence-electron chi connectivity index (χ3n) is 20.4. The number of carbonyl (C=O) groups is 3.